The zero-order chi connectivity index (χ0) is 32.2. The van der Waals surface area contributed by atoms with Gasteiger partial charge in [-0.25, -0.2) is 5.43 Å². The molecule has 1 aliphatic carbocycles. The number of carbonyl (C=O) groups excluding carboxylic acids is 3. The first-order chi connectivity index (χ1) is 20.9. The molecular weight excluding hydrogens is 554 g/mol. The number of fused-ring (bicyclic) bond motifs is 2. The third-order valence-corrected chi connectivity index (χ3v) is 8.88. The van der Waals surface area contributed by atoms with Crippen molar-refractivity contribution in [3.63, 3.8) is 0 Å². The van der Waals surface area contributed by atoms with Gasteiger partial charge in [-0.15, -0.1) is 0 Å². The first-order valence-corrected chi connectivity index (χ1v) is 15.2. The van der Waals surface area contributed by atoms with Crippen molar-refractivity contribution in [1.82, 2.24) is 30.9 Å². The second kappa shape index (κ2) is 13.6. The monoisotopic (exact) mass is 599 g/mol. The van der Waals surface area contributed by atoms with Crippen LogP contribution in [0.25, 0.3) is 5.70 Å². The molecule has 1 heterocycles. The van der Waals surface area contributed by atoms with Crippen LogP contribution in [0.2, 0.25) is 0 Å². The summed E-state index contributed by atoms with van der Waals surface area (Å²) in [6.45, 7) is 6.87. The molecule has 234 valence electrons. The fourth-order valence-electron chi connectivity index (χ4n) is 6.55. The Morgan fingerprint density at radius 3 is 2.23 bits per heavy atom. The van der Waals surface area contributed by atoms with Crippen molar-refractivity contribution in [2.45, 2.75) is 56.5 Å². The van der Waals surface area contributed by atoms with Crippen LogP contribution in [0.1, 0.15) is 64.4 Å². The lowest BCUT2D eigenvalue weighted by atomic mass is 9.67. The number of amides is 3. The lowest BCUT2D eigenvalue weighted by Gasteiger charge is -2.37. The molecule has 2 aromatic carbocycles. The molecule has 1 aliphatic heterocycles. The molecule has 0 bridgehead atoms. The van der Waals surface area contributed by atoms with Gasteiger partial charge < -0.3 is 20.0 Å². The van der Waals surface area contributed by atoms with E-state index in [9.17, 15) is 19.6 Å². The minimum atomic E-state index is -1.14. The average Bonchev–Trinajstić information content (AvgIpc) is 3.45. The lowest BCUT2D eigenvalue weighted by molar-refractivity contribution is -0.130. The number of likely N-dealkylation sites (tertiary alicyclic amines) is 1. The Hall–Kier alpha value is -4.20. The van der Waals surface area contributed by atoms with Crippen LogP contribution in [-0.4, -0.2) is 92.8 Å². The zero-order valence-corrected chi connectivity index (χ0v) is 26.8. The molecule has 0 radical (unpaired) electrons. The number of hydrazine groups is 1. The predicted octanol–water partition coefficient (Wildman–Crippen LogP) is 2.44. The van der Waals surface area contributed by atoms with E-state index in [1.165, 1.54) is 0 Å². The third kappa shape index (κ3) is 6.35. The van der Waals surface area contributed by atoms with Gasteiger partial charge in [-0.1, -0.05) is 24.8 Å². The third-order valence-electron chi connectivity index (χ3n) is 8.88. The molecule has 2 aromatic rings. The maximum absolute atomic E-state index is 14.4. The minimum Gasteiger partial charge on any atom is -0.378 e. The summed E-state index contributed by atoms with van der Waals surface area (Å²) in [5.41, 5.74) is 10.7. The molecule has 44 heavy (non-hydrogen) atoms. The van der Waals surface area contributed by atoms with E-state index in [2.05, 4.69) is 34.9 Å². The van der Waals surface area contributed by atoms with Gasteiger partial charge in [-0.2, -0.15) is 5.26 Å². The van der Waals surface area contributed by atoms with E-state index in [-0.39, 0.29) is 30.3 Å². The molecule has 1 saturated heterocycles. The van der Waals surface area contributed by atoms with Crippen LogP contribution in [0.3, 0.4) is 0 Å². The van der Waals surface area contributed by atoms with Gasteiger partial charge in [0.1, 0.15) is 11.5 Å². The summed E-state index contributed by atoms with van der Waals surface area (Å²) >= 11 is 0. The molecule has 0 spiro atoms. The lowest BCUT2D eigenvalue weighted by Crippen LogP contribution is -2.53. The van der Waals surface area contributed by atoms with Crippen molar-refractivity contribution in [3.8, 4) is 6.07 Å². The Balaban J connectivity index is 1.82. The Kier molecular flexibility index (Phi) is 10.1. The topological polar surface area (TPSA) is 121 Å². The number of nitriles is 1. The molecule has 10 nitrogen and oxygen atoms in total. The highest BCUT2D eigenvalue weighted by Crippen LogP contribution is 2.44. The van der Waals surface area contributed by atoms with Crippen LogP contribution < -0.4 is 16.2 Å². The molecule has 3 atom stereocenters. The van der Waals surface area contributed by atoms with Crippen LogP contribution in [0.4, 0.5) is 0 Å². The van der Waals surface area contributed by atoms with E-state index in [1.54, 1.807) is 37.0 Å². The smallest absolute Gasteiger partial charge is 0.253 e. The SMILES string of the molecule is C=C(c1ccc2c(c1)CCc1cc(C(=O)N(C)C)ccc1C2(C[C@@H](C)NCC(=O)N1CCCC1C#N)C(=O)NNC)N(C)C. The van der Waals surface area contributed by atoms with E-state index in [0.29, 0.717) is 37.8 Å². The summed E-state index contributed by atoms with van der Waals surface area (Å²) in [5, 5.41) is 12.8. The molecule has 4 rings (SSSR count). The van der Waals surface area contributed by atoms with Crippen LogP contribution >= 0.6 is 0 Å². The van der Waals surface area contributed by atoms with Gasteiger partial charge in [0.15, 0.2) is 0 Å². The van der Waals surface area contributed by atoms with Gasteiger partial charge >= 0.3 is 0 Å². The largest absolute Gasteiger partial charge is 0.378 e. The normalized spacial score (nSPS) is 19.6. The second-order valence-corrected chi connectivity index (χ2v) is 12.3. The van der Waals surface area contributed by atoms with Crippen LogP contribution in [0, 0.1) is 11.3 Å². The summed E-state index contributed by atoms with van der Waals surface area (Å²) in [5.74, 6) is -0.440. The van der Waals surface area contributed by atoms with Gasteiger partial charge in [0.05, 0.1) is 12.6 Å². The number of rotatable bonds is 10. The van der Waals surface area contributed by atoms with Gasteiger partial charge in [0, 0.05) is 59.1 Å². The fraction of sp³-hybridized carbons (Fsp3) is 0.471. The maximum Gasteiger partial charge on any atom is 0.253 e. The van der Waals surface area contributed by atoms with Gasteiger partial charge in [-0.05, 0) is 85.0 Å². The highest BCUT2D eigenvalue weighted by atomic mass is 16.2. The zero-order valence-electron chi connectivity index (χ0n) is 26.8. The van der Waals surface area contributed by atoms with Gasteiger partial charge in [-0.3, -0.25) is 19.8 Å². The Bertz CT molecular complexity index is 1400. The van der Waals surface area contributed by atoms with Crippen LogP contribution in [0.5, 0.6) is 0 Å². The van der Waals surface area contributed by atoms with E-state index < -0.39 is 11.5 Å². The fourth-order valence-corrected chi connectivity index (χ4v) is 6.55. The Morgan fingerprint density at radius 2 is 1.66 bits per heavy atom. The van der Waals surface area contributed by atoms with E-state index >= 15 is 0 Å². The van der Waals surface area contributed by atoms with Crippen molar-refractivity contribution < 1.29 is 14.4 Å². The standard InChI is InChI=1S/C34H45N7O3/c1-22(37-21-31(42)41-16-8-9-28(41)20-35)19-34(33(44)38-36-3)29-14-12-24(23(2)39(4)5)17-25(29)10-11-26-18-27(13-15-30(26)34)32(43)40(6)7/h12-15,17-18,22,28,36-37H,2,8-11,16,19,21H2,1,3-7H3,(H,38,44)/t22-,28?,34?/m1/s1. The Morgan fingerprint density at radius 1 is 1.05 bits per heavy atom. The van der Waals surface area contributed by atoms with Crippen molar-refractivity contribution in [2.75, 3.05) is 48.3 Å². The summed E-state index contributed by atoms with van der Waals surface area (Å²) in [6.07, 6.45) is 3.19. The molecule has 10 heteroatoms. The summed E-state index contributed by atoms with van der Waals surface area (Å²) < 4.78 is 0. The van der Waals surface area contributed by atoms with Crippen molar-refractivity contribution in [3.05, 3.63) is 76.4 Å². The van der Waals surface area contributed by atoms with E-state index in [1.807, 2.05) is 50.2 Å². The van der Waals surface area contributed by atoms with Gasteiger partial charge in [0.25, 0.3) is 5.91 Å². The minimum absolute atomic E-state index is 0.0701. The molecule has 2 unspecified atom stereocenters. The number of hydrogen-bond acceptors (Lipinski definition) is 7. The van der Waals surface area contributed by atoms with E-state index in [4.69, 9.17) is 0 Å². The summed E-state index contributed by atoms with van der Waals surface area (Å²) in [6, 6.07) is 13.4. The molecule has 2 aliphatic rings. The number of carbonyl (C=O) groups is 3. The molecule has 0 saturated carbocycles. The highest BCUT2D eigenvalue weighted by molar-refractivity contribution is 5.96. The van der Waals surface area contributed by atoms with Crippen LogP contribution in [-0.2, 0) is 27.8 Å². The number of nitrogens with zero attached hydrogens (tertiary/aromatic N) is 4. The first-order valence-electron chi connectivity index (χ1n) is 15.2. The predicted molar refractivity (Wildman–Crippen MR) is 171 cm³/mol. The van der Waals surface area contributed by atoms with E-state index in [0.717, 1.165) is 39.9 Å². The molecule has 3 amide bonds. The maximum atomic E-state index is 14.4. The Labute approximate surface area is 261 Å². The number of aryl methyl sites for hydroxylation is 2. The second-order valence-electron chi connectivity index (χ2n) is 12.3. The molecule has 0 aromatic heterocycles. The van der Waals surface area contributed by atoms with Gasteiger partial charge in [0.2, 0.25) is 11.8 Å². The first kappa shape index (κ1) is 32.7. The molecule has 3 N–H and O–H groups in total. The average molecular weight is 600 g/mol. The number of benzene rings is 2. The number of nitrogens with one attached hydrogen (secondary N) is 3. The summed E-state index contributed by atoms with van der Waals surface area (Å²) in [7, 11) is 9.02. The quantitative estimate of drug-likeness (QED) is 0.359. The van der Waals surface area contributed by atoms with Crippen molar-refractivity contribution >= 4 is 23.4 Å². The van der Waals surface area contributed by atoms with Crippen molar-refractivity contribution in [2.24, 2.45) is 0 Å². The van der Waals surface area contributed by atoms with Crippen LogP contribution in [0.15, 0.2) is 43.0 Å². The highest BCUT2D eigenvalue weighted by Gasteiger charge is 2.47. The number of hydrogen-bond donors (Lipinski definition) is 3. The molecular formula is C34H45N7O3. The summed E-state index contributed by atoms with van der Waals surface area (Å²) in [4.78, 5) is 45.6. The van der Waals surface area contributed by atoms with Crippen molar-refractivity contribution in [1.29, 1.82) is 5.26 Å². The molecule has 1 fully saturated rings.